The van der Waals surface area contributed by atoms with Gasteiger partial charge in [0.2, 0.25) is 5.88 Å². The molecule has 35 heavy (non-hydrogen) atoms. The number of methoxy groups -OCH3 is 1. The number of aromatic hydroxyl groups is 1. The summed E-state index contributed by atoms with van der Waals surface area (Å²) in [6, 6.07) is 8.87. The van der Waals surface area contributed by atoms with E-state index in [2.05, 4.69) is 0 Å². The van der Waals surface area contributed by atoms with Crippen LogP contribution in [0.1, 0.15) is 39.9 Å². The number of hydrogen-bond donors (Lipinski definition) is 1. The van der Waals surface area contributed by atoms with Crippen molar-refractivity contribution in [2.45, 2.75) is 26.3 Å². The molecule has 2 aromatic rings. The molecule has 0 spiro atoms. The number of rotatable bonds is 9. The molecule has 1 N–H and O–H groups in total. The van der Waals surface area contributed by atoms with Crippen LogP contribution in [0.2, 0.25) is 5.02 Å². The third-order valence-electron chi connectivity index (χ3n) is 5.42. The van der Waals surface area contributed by atoms with E-state index in [1.165, 1.54) is 30.7 Å². The topological polar surface area (TPSA) is 113 Å². The number of ketones is 1. The Balaban J connectivity index is 1.73. The minimum atomic E-state index is -0.679. The summed E-state index contributed by atoms with van der Waals surface area (Å²) >= 11 is 12.4. The molecule has 3 rings (SSSR count). The lowest BCUT2D eigenvalue weighted by atomic mass is 9.99. The first-order valence-electron chi connectivity index (χ1n) is 10.6. The Morgan fingerprint density at radius 3 is 2.60 bits per heavy atom. The van der Waals surface area contributed by atoms with Crippen molar-refractivity contribution in [2.75, 3.05) is 20.3 Å². The van der Waals surface area contributed by atoms with Crippen LogP contribution in [0.15, 0.2) is 34.0 Å². The van der Waals surface area contributed by atoms with Crippen LogP contribution in [-0.4, -0.2) is 50.8 Å². The second-order valence-corrected chi connectivity index (χ2v) is 9.78. The molecule has 1 fully saturated rings. The first kappa shape index (κ1) is 26.6. The maximum atomic E-state index is 13.0. The molecule has 1 saturated heterocycles. The van der Waals surface area contributed by atoms with E-state index in [4.69, 9.17) is 28.6 Å². The molecule has 2 heterocycles. The Hall–Kier alpha value is -2.97. The molecule has 1 aromatic heterocycles. The Kier molecular flexibility index (Phi) is 8.86. The molecular weight excluding hydrogens is 510 g/mol. The Morgan fingerprint density at radius 1 is 1.29 bits per heavy atom. The minimum absolute atomic E-state index is 0.00703. The third-order valence-corrected chi connectivity index (χ3v) is 7.05. The highest BCUT2D eigenvalue weighted by molar-refractivity contribution is 8.26. The third kappa shape index (κ3) is 5.82. The van der Waals surface area contributed by atoms with Crippen molar-refractivity contribution in [1.29, 1.82) is 5.26 Å². The van der Waals surface area contributed by atoms with Crippen molar-refractivity contribution in [3.8, 4) is 11.9 Å². The molecule has 0 radical (unpaired) electrons. The van der Waals surface area contributed by atoms with Crippen LogP contribution in [0.3, 0.4) is 0 Å². The van der Waals surface area contributed by atoms with Gasteiger partial charge in [-0.25, -0.2) is 0 Å². The number of ether oxygens (including phenoxy) is 1. The van der Waals surface area contributed by atoms with E-state index in [0.29, 0.717) is 14.2 Å². The summed E-state index contributed by atoms with van der Waals surface area (Å²) in [7, 11) is 1.44. The van der Waals surface area contributed by atoms with Gasteiger partial charge in [0.15, 0.2) is 5.78 Å². The van der Waals surface area contributed by atoms with Gasteiger partial charge in [0.25, 0.3) is 11.5 Å². The zero-order valence-electron chi connectivity index (χ0n) is 19.0. The number of pyridine rings is 1. The van der Waals surface area contributed by atoms with Crippen molar-refractivity contribution in [2.24, 2.45) is 0 Å². The van der Waals surface area contributed by atoms with Crippen LogP contribution in [0.4, 0.5) is 0 Å². The van der Waals surface area contributed by atoms with Crippen LogP contribution >= 0.6 is 35.6 Å². The quantitative estimate of drug-likeness (QED) is 0.294. The van der Waals surface area contributed by atoms with Crippen molar-refractivity contribution >= 4 is 57.7 Å². The molecule has 0 atom stereocenters. The van der Waals surface area contributed by atoms with E-state index in [9.17, 15) is 24.8 Å². The number of amides is 1. The lowest BCUT2D eigenvalue weighted by Crippen LogP contribution is -2.30. The number of thioether (sulfide) groups is 1. The van der Waals surface area contributed by atoms with Crippen LogP contribution in [-0.2, 0) is 16.1 Å². The Labute approximate surface area is 216 Å². The molecule has 0 aliphatic carbocycles. The molecule has 0 bridgehead atoms. The molecule has 8 nitrogen and oxygen atoms in total. The number of carbonyl (C=O) groups is 2. The average Bonchev–Trinajstić information content (AvgIpc) is 3.08. The molecule has 0 unspecified atom stereocenters. The molecule has 0 saturated carbocycles. The summed E-state index contributed by atoms with van der Waals surface area (Å²) in [6.45, 7) is 1.78. The fourth-order valence-corrected chi connectivity index (χ4v) is 5.04. The highest BCUT2D eigenvalue weighted by atomic mass is 35.5. The highest BCUT2D eigenvalue weighted by Gasteiger charge is 2.32. The number of carbonyl (C=O) groups excluding carboxylic acids is 2. The molecule has 1 aromatic carbocycles. The predicted octanol–water partition coefficient (Wildman–Crippen LogP) is 3.90. The second-order valence-electron chi connectivity index (χ2n) is 7.67. The molecule has 1 aliphatic rings. The van der Waals surface area contributed by atoms with Gasteiger partial charge < -0.3 is 9.84 Å². The highest BCUT2D eigenvalue weighted by Crippen LogP contribution is 2.33. The molecule has 182 valence electrons. The zero-order valence-corrected chi connectivity index (χ0v) is 21.4. The SMILES string of the molecule is COCCn1c(O)c(C(=O)CCCN2C(=O)/C(=C/c3ccc(Cl)cc3)SC2=S)c(C)c(C#N)c1=O. The van der Waals surface area contributed by atoms with Gasteiger partial charge in [-0.2, -0.15) is 5.26 Å². The summed E-state index contributed by atoms with van der Waals surface area (Å²) < 4.78 is 6.31. The van der Waals surface area contributed by atoms with Gasteiger partial charge in [0.1, 0.15) is 16.0 Å². The zero-order chi connectivity index (χ0) is 25.7. The number of thiocarbonyl (C=S) groups is 1. The van der Waals surface area contributed by atoms with Gasteiger partial charge in [-0.1, -0.05) is 47.7 Å². The maximum absolute atomic E-state index is 13.0. The number of aromatic nitrogens is 1. The van der Waals surface area contributed by atoms with Gasteiger partial charge in [0.05, 0.1) is 23.6 Å². The average molecular weight is 532 g/mol. The lowest BCUT2D eigenvalue weighted by Gasteiger charge is -2.16. The van der Waals surface area contributed by atoms with Gasteiger partial charge >= 0.3 is 0 Å². The van der Waals surface area contributed by atoms with Crippen molar-refractivity contribution in [1.82, 2.24) is 9.47 Å². The fraction of sp³-hybridized carbons (Fsp3) is 0.292. The first-order valence-corrected chi connectivity index (χ1v) is 12.2. The smallest absolute Gasteiger partial charge is 0.271 e. The second kappa shape index (κ2) is 11.6. The standard InChI is InChI=1S/C24H22ClN3O5S2/c1-14-17(13-26)21(30)27(10-11-33-2)23(32)20(14)18(29)4-3-9-28-22(31)19(35-24(28)34)12-15-5-7-16(25)8-6-15/h5-8,12,32H,3-4,9-11H2,1-2H3/b19-12-. The number of hydrogen-bond acceptors (Lipinski definition) is 8. The number of nitriles is 1. The van der Waals surface area contributed by atoms with E-state index in [0.717, 1.165) is 10.1 Å². The maximum Gasteiger partial charge on any atom is 0.271 e. The molecule has 11 heteroatoms. The lowest BCUT2D eigenvalue weighted by molar-refractivity contribution is -0.122. The van der Waals surface area contributed by atoms with E-state index in [-0.39, 0.29) is 55.1 Å². The number of halogens is 1. The molecule has 1 amide bonds. The van der Waals surface area contributed by atoms with Gasteiger partial charge in [-0.3, -0.25) is 23.9 Å². The fourth-order valence-electron chi connectivity index (χ4n) is 3.60. The van der Waals surface area contributed by atoms with E-state index in [1.54, 1.807) is 30.3 Å². The Bertz CT molecular complexity index is 1310. The minimum Gasteiger partial charge on any atom is -0.494 e. The first-order chi connectivity index (χ1) is 16.7. The monoisotopic (exact) mass is 531 g/mol. The molecule has 1 aliphatic heterocycles. The van der Waals surface area contributed by atoms with Crippen LogP contribution in [0.5, 0.6) is 5.88 Å². The predicted molar refractivity (Wildman–Crippen MR) is 139 cm³/mol. The van der Waals surface area contributed by atoms with Crippen LogP contribution < -0.4 is 5.56 Å². The van der Waals surface area contributed by atoms with Gasteiger partial charge in [-0.05, 0) is 42.7 Å². The normalized spacial score (nSPS) is 14.6. The summed E-state index contributed by atoms with van der Waals surface area (Å²) in [5.74, 6) is -1.18. The van der Waals surface area contributed by atoms with Gasteiger partial charge in [0, 0.05) is 25.1 Å². The summed E-state index contributed by atoms with van der Waals surface area (Å²) in [5.41, 5.74) is -0.0176. The number of nitrogens with zero attached hydrogens (tertiary/aromatic N) is 3. The summed E-state index contributed by atoms with van der Waals surface area (Å²) in [4.78, 5) is 40.2. The number of Topliss-reactive ketones (excluding diaryl/α,β-unsaturated/α-hetero) is 1. The van der Waals surface area contributed by atoms with Gasteiger partial charge in [-0.15, -0.1) is 0 Å². The van der Waals surface area contributed by atoms with Crippen molar-refractivity contribution in [3.05, 3.63) is 66.8 Å². The van der Waals surface area contributed by atoms with Crippen LogP contribution in [0.25, 0.3) is 6.08 Å². The van der Waals surface area contributed by atoms with Crippen molar-refractivity contribution in [3.63, 3.8) is 0 Å². The largest absolute Gasteiger partial charge is 0.494 e. The van der Waals surface area contributed by atoms with Crippen LogP contribution in [0, 0.1) is 18.3 Å². The van der Waals surface area contributed by atoms with E-state index >= 15 is 0 Å². The van der Waals surface area contributed by atoms with E-state index in [1.807, 2.05) is 6.07 Å². The summed E-state index contributed by atoms with van der Waals surface area (Å²) in [5, 5.41) is 20.6. The number of benzene rings is 1. The summed E-state index contributed by atoms with van der Waals surface area (Å²) in [6.07, 6.45) is 1.99. The Morgan fingerprint density at radius 2 is 1.97 bits per heavy atom. The molecular formula is C24H22ClN3O5S2. The van der Waals surface area contributed by atoms with E-state index < -0.39 is 17.2 Å². The van der Waals surface area contributed by atoms with Crippen molar-refractivity contribution < 1.29 is 19.4 Å².